The Bertz CT molecular complexity index is 264. The van der Waals surface area contributed by atoms with Gasteiger partial charge in [-0.25, -0.2) is 5.43 Å². The van der Waals surface area contributed by atoms with Crippen LogP contribution in [0.2, 0.25) is 0 Å². The van der Waals surface area contributed by atoms with E-state index in [9.17, 15) is 13.2 Å². The van der Waals surface area contributed by atoms with Crippen molar-refractivity contribution in [3.05, 3.63) is 0 Å². The first-order chi connectivity index (χ1) is 7.97. The molecule has 3 N–H and O–H groups in total. The van der Waals surface area contributed by atoms with E-state index in [0.717, 1.165) is 25.7 Å². The van der Waals surface area contributed by atoms with Gasteiger partial charge in [0.25, 0.3) is 0 Å². The maximum Gasteiger partial charge on any atom is 0.405 e. The number of hydrogen-bond donors (Lipinski definition) is 2. The summed E-state index contributed by atoms with van der Waals surface area (Å²) in [6, 6.07) is -1.61. The fourth-order valence-corrected chi connectivity index (χ4v) is 3.22. The standard InChI is InChI=1S/C11H19F3N2O/c12-11(13,14)9(16-15)8-3-6-17-10(7-8)4-1-2-5-10/h8-9,16H,1-7,15H2. The molecule has 1 spiro atoms. The summed E-state index contributed by atoms with van der Waals surface area (Å²) in [7, 11) is 0. The molecule has 2 atom stereocenters. The molecule has 3 nitrogen and oxygen atoms in total. The lowest BCUT2D eigenvalue weighted by molar-refractivity contribution is -0.187. The molecule has 0 aromatic carbocycles. The van der Waals surface area contributed by atoms with Crippen molar-refractivity contribution in [3.8, 4) is 0 Å². The van der Waals surface area contributed by atoms with Crippen LogP contribution in [-0.2, 0) is 4.74 Å². The van der Waals surface area contributed by atoms with E-state index in [2.05, 4.69) is 0 Å². The number of alkyl halides is 3. The average Bonchev–Trinajstić information content (AvgIpc) is 2.65. The Morgan fingerprint density at radius 1 is 1.29 bits per heavy atom. The van der Waals surface area contributed by atoms with Gasteiger partial charge in [0.2, 0.25) is 0 Å². The Morgan fingerprint density at radius 3 is 2.47 bits per heavy atom. The molecule has 0 amide bonds. The van der Waals surface area contributed by atoms with Crippen molar-refractivity contribution >= 4 is 0 Å². The van der Waals surface area contributed by atoms with E-state index in [4.69, 9.17) is 10.6 Å². The molecule has 2 aliphatic rings. The Kier molecular flexibility index (Phi) is 3.66. The lowest BCUT2D eigenvalue weighted by atomic mass is 9.80. The van der Waals surface area contributed by atoms with E-state index < -0.39 is 18.1 Å². The van der Waals surface area contributed by atoms with Gasteiger partial charge in [0.1, 0.15) is 6.04 Å². The first-order valence-electron chi connectivity index (χ1n) is 6.14. The van der Waals surface area contributed by atoms with Crippen LogP contribution in [0.5, 0.6) is 0 Å². The summed E-state index contributed by atoms with van der Waals surface area (Å²) in [5.41, 5.74) is 1.64. The third kappa shape index (κ3) is 2.74. The van der Waals surface area contributed by atoms with E-state index in [-0.39, 0.29) is 5.60 Å². The van der Waals surface area contributed by atoms with Crippen molar-refractivity contribution in [1.29, 1.82) is 0 Å². The summed E-state index contributed by atoms with van der Waals surface area (Å²) in [4.78, 5) is 0. The number of hydrogen-bond acceptors (Lipinski definition) is 3. The average molecular weight is 252 g/mol. The number of hydrazine groups is 1. The third-order valence-corrected chi connectivity index (χ3v) is 4.05. The Balaban J connectivity index is 2.05. The van der Waals surface area contributed by atoms with Crippen molar-refractivity contribution in [2.45, 2.75) is 56.3 Å². The molecule has 2 rings (SSSR count). The number of ether oxygens (including phenoxy) is 1. The molecule has 0 radical (unpaired) electrons. The van der Waals surface area contributed by atoms with Gasteiger partial charge >= 0.3 is 6.18 Å². The van der Waals surface area contributed by atoms with Gasteiger partial charge in [-0.1, -0.05) is 12.8 Å². The zero-order valence-corrected chi connectivity index (χ0v) is 9.72. The second-order valence-electron chi connectivity index (χ2n) is 5.18. The van der Waals surface area contributed by atoms with Crippen LogP contribution in [0.4, 0.5) is 13.2 Å². The first-order valence-corrected chi connectivity index (χ1v) is 6.14. The maximum atomic E-state index is 12.8. The smallest absolute Gasteiger partial charge is 0.375 e. The van der Waals surface area contributed by atoms with Gasteiger partial charge in [-0.3, -0.25) is 5.84 Å². The zero-order chi connectivity index (χ0) is 12.5. The minimum atomic E-state index is -4.28. The Hall–Kier alpha value is -0.330. The highest BCUT2D eigenvalue weighted by molar-refractivity contribution is 4.95. The SMILES string of the molecule is NNC(C1CCOC2(CCCC2)C1)C(F)(F)F. The van der Waals surface area contributed by atoms with Crippen LogP contribution in [-0.4, -0.2) is 24.4 Å². The fraction of sp³-hybridized carbons (Fsp3) is 1.00. The number of rotatable bonds is 2. The van der Waals surface area contributed by atoms with Crippen molar-refractivity contribution in [1.82, 2.24) is 5.43 Å². The normalized spacial score (nSPS) is 30.7. The minimum absolute atomic E-state index is 0.302. The summed E-state index contributed by atoms with van der Waals surface area (Å²) in [6.07, 6.45) is 0.504. The van der Waals surface area contributed by atoms with Crippen LogP contribution in [0.25, 0.3) is 0 Å². The van der Waals surface area contributed by atoms with Gasteiger partial charge in [0.05, 0.1) is 5.60 Å². The summed E-state index contributed by atoms with van der Waals surface area (Å²) in [5.74, 6) is 4.60. The van der Waals surface area contributed by atoms with Gasteiger partial charge in [-0.05, 0) is 31.6 Å². The van der Waals surface area contributed by atoms with Crippen molar-refractivity contribution < 1.29 is 17.9 Å². The van der Waals surface area contributed by atoms with E-state index in [1.165, 1.54) is 0 Å². The number of halogens is 3. The van der Waals surface area contributed by atoms with Crippen LogP contribution >= 0.6 is 0 Å². The third-order valence-electron chi connectivity index (χ3n) is 4.05. The molecule has 1 saturated carbocycles. The summed E-state index contributed by atoms with van der Waals surface area (Å²) >= 11 is 0. The number of nitrogens with two attached hydrogens (primary N) is 1. The molecule has 2 fully saturated rings. The van der Waals surface area contributed by atoms with Crippen LogP contribution < -0.4 is 11.3 Å². The highest BCUT2D eigenvalue weighted by atomic mass is 19.4. The van der Waals surface area contributed by atoms with Crippen LogP contribution in [0, 0.1) is 5.92 Å². The topological polar surface area (TPSA) is 47.3 Å². The molecule has 1 aliphatic carbocycles. The molecular formula is C11H19F3N2O. The maximum absolute atomic E-state index is 12.8. The lowest BCUT2D eigenvalue weighted by Gasteiger charge is -2.41. The second kappa shape index (κ2) is 4.74. The molecule has 0 aromatic heterocycles. The van der Waals surface area contributed by atoms with Crippen molar-refractivity contribution in [2.24, 2.45) is 11.8 Å². The Labute approximate surface area is 98.8 Å². The van der Waals surface area contributed by atoms with Crippen LogP contribution in [0.3, 0.4) is 0 Å². The predicted octanol–water partition coefficient (Wildman–Crippen LogP) is 2.12. The van der Waals surface area contributed by atoms with Gasteiger partial charge in [-0.15, -0.1) is 0 Å². The predicted molar refractivity (Wildman–Crippen MR) is 57.0 cm³/mol. The molecule has 2 unspecified atom stereocenters. The molecule has 1 saturated heterocycles. The van der Waals surface area contributed by atoms with Crippen molar-refractivity contribution in [2.75, 3.05) is 6.61 Å². The van der Waals surface area contributed by atoms with Gasteiger partial charge in [0.15, 0.2) is 0 Å². The summed E-state index contributed by atoms with van der Waals surface area (Å²) < 4.78 is 44.1. The number of nitrogens with one attached hydrogen (secondary N) is 1. The molecule has 100 valence electrons. The molecule has 0 aromatic rings. The van der Waals surface area contributed by atoms with Gasteiger partial charge in [-0.2, -0.15) is 13.2 Å². The van der Waals surface area contributed by atoms with Gasteiger partial charge < -0.3 is 4.74 Å². The van der Waals surface area contributed by atoms with E-state index in [1.807, 2.05) is 5.43 Å². The lowest BCUT2D eigenvalue weighted by Crippen LogP contribution is -2.54. The monoisotopic (exact) mass is 252 g/mol. The second-order valence-corrected chi connectivity index (χ2v) is 5.18. The molecule has 1 aliphatic heterocycles. The van der Waals surface area contributed by atoms with E-state index in [0.29, 0.717) is 19.4 Å². The van der Waals surface area contributed by atoms with Crippen molar-refractivity contribution in [3.63, 3.8) is 0 Å². The van der Waals surface area contributed by atoms with E-state index in [1.54, 1.807) is 0 Å². The van der Waals surface area contributed by atoms with Gasteiger partial charge in [0, 0.05) is 6.61 Å². The highest BCUT2D eigenvalue weighted by Gasteiger charge is 2.49. The molecule has 17 heavy (non-hydrogen) atoms. The zero-order valence-electron chi connectivity index (χ0n) is 9.72. The molecule has 1 heterocycles. The fourth-order valence-electron chi connectivity index (χ4n) is 3.22. The summed E-state index contributed by atoms with van der Waals surface area (Å²) in [6.45, 7) is 0.416. The quantitative estimate of drug-likeness (QED) is 0.584. The van der Waals surface area contributed by atoms with Crippen LogP contribution in [0.1, 0.15) is 38.5 Å². The van der Waals surface area contributed by atoms with E-state index >= 15 is 0 Å². The largest absolute Gasteiger partial charge is 0.405 e. The molecule has 0 bridgehead atoms. The summed E-state index contributed by atoms with van der Waals surface area (Å²) in [5, 5.41) is 0. The van der Waals surface area contributed by atoms with Crippen LogP contribution in [0.15, 0.2) is 0 Å². The molecule has 6 heteroatoms. The Morgan fingerprint density at radius 2 is 1.94 bits per heavy atom. The highest BCUT2D eigenvalue weighted by Crippen LogP contribution is 2.44. The molecular weight excluding hydrogens is 233 g/mol. The first kappa shape index (κ1) is 13.1. The minimum Gasteiger partial charge on any atom is -0.375 e.